The van der Waals surface area contributed by atoms with E-state index in [1.54, 1.807) is 5.32 Å². The molecule has 0 radical (unpaired) electrons. The first-order valence-electron chi connectivity index (χ1n) is 11.4. The average Bonchev–Trinajstić information content (AvgIpc) is 3.47. The molecule has 1 amide bonds. The van der Waals surface area contributed by atoms with Crippen molar-refractivity contribution in [3.63, 3.8) is 0 Å². The van der Waals surface area contributed by atoms with Crippen LogP contribution >= 0.6 is 23.2 Å². The average molecular weight is 624 g/mol. The lowest BCUT2D eigenvalue weighted by Gasteiger charge is -2.15. The summed E-state index contributed by atoms with van der Waals surface area (Å²) < 4.78 is 79.4. The Kier molecular flexibility index (Phi) is 8.46. The molecule has 0 aliphatic heterocycles. The minimum atomic E-state index is -5.02. The molecule has 2 heterocycles. The van der Waals surface area contributed by atoms with Gasteiger partial charge in [-0.1, -0.05) is 29.3 Å². The summed E-state index contributed by atoms with van der Waals surface area (Å²) in [5, 5.41) is 19.8. The SMILES string of the molecule is O=C(NCC(F)(F)F)c1cccc(Cl)c1-n1cnc(Cn2nc(-c3ccc(Cl)cc3)n(C[C@H](O)C(F)(F)F)c2=O)n1. The number of carbonyl (C=O) groups excluding carboxylic acids is 1. The Labute approximate surface area is 235 Å². The van der Waals surface area contributed by atoms with E-state index >= 15 is 0 Å². The number of aliphatic hydroxyl groups excluding tert-OH is 1. The van der Waals surface area contributed by atoms with E-state index in [-0.39, 0.29) is 33.5 Å². The Morgan fingerprint density at radius 3 is 2.34 bits per heavy atom. The van der Waals surface area contributed by atoms with Crippen LogP contribution in [0.5, 0.6) is 0 Å². The van der Waals surface area contributed by atoms with Crippen molar-refractivity contribution < 1.29 is 36.2 Å². The maximum atomic E-state index is 13.1. The van der Waals surface area contributed by atoms with Crippen LogP contribution in [-0.4, -0.2) is 65.1 Å². The van der Waals surface area contributed by atoms with Crippen LogP contribution in [0.25, 0.3) is 17.1 Å². The topological polar surface area (TPSA) is 120 Å². The Morgan fingerprint density at radius 2 is 1.71 bits per heavy atom. The summed E-state index contributed by atoms with van der Waals surface area (Å²) in [6.07, 6.45) is -11.5. The van der Waals surface area contributed by atoms with Crippen LogP contribution in [0.4, 0.5) is 26.3 Å². The van der Waals surface area contributed by atoms with Gasteiger partial charge in [0.1, 0.15) is 19.4 Å². The summed E-state index contributed by atoms with van der Waals surface area (Å²) >= 11 is 12.1. The molecule has 4 rings (SSSR count). The molecule has 10 nitrogen and oxygen atoms in total. The number of aliphatic hydroxyl groups is 1. The van der Waals surface area contributed by atoms with Crippen molar-refractivity contribution in [2.75, 3.05) is 6.54 Å². The summed E-state index contributed by atoms with van der Waals surface area (Å²) in [5.74, 6) is -1.41. The Balaban J connectivity index is 1.68. The molecular formula is C23H17Cl2F6N7O3. The van der Waals surface area contributed by atoms with E-state index in [0.29, 0.717) is 9.59 Å². The quantitative estimate of drug-likeness (QED) is 0.288. The highest BCUT2D eigenvalue weighted by Crippen LogP contribution is 2.26. The van der Waals surface area contributed by atoms with Gasteiger partial charge in [-0.25, -0.2) is 19.1 Å². The molecule has 0 saturated carbocycles. The Morgan fingerprint density at radius 1 is 1.02 bits per heavy atom. The standard InChI is InChI=1S/C23H17Cl2F6N7O3/c24-13-6-4-12(5-7-13)19-35-37(21(41)36(19)8-16(39)23(29,30)31)9-17-33-11-38(34-17)18-14(2-1-3-15(18)25)20(40)32-10-22(26,27)28/h1-7,11,16,39H,8-10H2,(H,32,40)/t16-/m0/s1. The minimum absolute atomic E-state index is 0.0614. The van der Waals surface area contributed by atoms with Gasteiger partial charge in [0.15, 0.2) is 17.8 Å². The van der Waals surface area contributed by atoms with E-state index in [4.69, 9.17) is 23.2 Å². The monoisotopic (exact) mass is 623 g/mol. The number of halogens is 8. The maximum absolute atomic E-state index is 13.1. The molecule has 2 aromatic heterocycles. The highest BCUT2D eigenvalue weighted by Gasteiger charge is 2.39. The third-order valence-corrected chi connectivity index (χ3v) is 6.06. The molecule has 218 valence electrons. The summed E-state index contributed by atoms with van der Waals surface area (Å²) in [6, 6.07) is 9.60. The number of nitrogens with one attached hydrogen (secondary N) is 1. The fraction of sp³-hybridized carbons (Fsp3) is 0.261. The maximum Gasteiger partial charge on any atom is 0.416 e. The summed E-state index contributed by atoms with van der Waals surface area (Å²) in [6.45, 7) is -3.22. The van der Waals surface area contributed by atoms with Crippen LogP contribution in [0.3, 0.4) is 0 Å². The number of para-hydroxylation sites is 1. The van der Waals surface area contributed by atoms with E-state index < -0.39 is 49.7 Å². The Bertz CT molecular complexity index is 1610. The third-order valence-electron chi connectivity index (χ3n) is 5.50. The van der Waals surface area contributed by atoms with Crippen molar-refractivity contribution >= 4 is 29.1 Å². The normalized spacial score (nSPS) is 12.9. The van der Waals surface area contributed by atoms with Crippen molar-refractivity contribution in [1.82, 2.24) is 34.4 Å². The van der Waals surface area contributed by atoms with E-state index in [2.05, 4.69) is 15.2 Å². The number of amides is 1. The number of benzene rings is 2. The molecule has 0 fully saturated rings. The number of rotatable bonds is 8. The number of hydrogen-bond donors (Lipinski definition) is 2. The first-order chi connectivity index (χ1) is 19.1. The molecule has 0 unspecified atom stereocenters. The van der Waals surface area contributed by atoms with Crippen LogP contribution in [0.1, 0.15) is 16.2 Å². The van der Waals surface area contributed by atoms with Crippen molar-refractivity contribution in [2.45, 2.75) is 31.5 Å². The zero-order chi connectivity index (χ0) is 30.1. The van der Waals surface area contributed by atoms with Crippen LogP contribution in [-0.2, 0) is 13.1 Å². The summed E-state index contributed by atoms with van der Waals surface area (Å²) in [5.41, 5.74) is -1.17. The largest absolute Gasteiger partial charge is 0.416 e. The van der Waals surface area contributed by atoms with Crippen LogP contribution < -0.4 is 11.0 Å². The van der Waals surface area contributed by atoms with Gasteiger partial charge in [0.2, 0.25) is 0 Å². The van der Waals surface area contributed by atoms with Crippen molar-refractivity contribution in [2.24, 2.45) is 0 Å². The van der Waals surface area contributed by atoms with Crippen molar-refractivity contribution in [1.29, 1.82) is 0 Å². The van der Waals surface area contributed by atoms with Crippen molar-refractivity contribution in [3.8, 4) is 17.1 Å². The molecule has 0 aliphatic rings. The van der Waals surface area contributed by atoms with Gasteiger partial charge in [-0.05, 0) is 36.4 Å². The first kappa shape index (κ1) is 30.1. The predicted molar refractivity (Wildman–Crippen MR) is 133 cm³/mol. The molecule has 2 aromatic carbocycles. The molecule has 0 bridgehead atoms. The molecular weight excluding hydrogens is 607 g/mol. The fourth-order valence-electron chi connectivity index (χ4n) is 3.62. The van der Waals surface area contributed by atoms with Crippen LogP contribution in [0.2, 0.25) is 10.0 Å². The second-order valence-corrected chi connectivity index (χ2v) is 9.32. The number of aromatic nitrogens is 6. The molecule has 4 aromatic rings. The second kappa shape index (κ2) is 11.5. The predicted octanol–water partition coefficient (Wildman–Crippen LogP) is 3.86. The van der Waals surface area contributed by atoms with Gasteiger partial charge in [0.25, 0.3) is 5.91 Å². The molecule has 0 spiro atoms. The molecule has 0 aliphatic carbocycles. The van der Waals surface area contributed by atoms with Gasteiger partial charge < -0.3 is 10.4 Å². The van der Waals surface area contributed by atoms with Gasteiger partial charge in [0.05, 0.1) is 22.8 Å². The van der Waals surface area contributed by atoms with E-state index in [0.717, 1.165) is 15.7 Å². The summed E-state index contributed by atoms with van der Waals surface area (Å²) in [7, 11) is 0. The third kappa shape index (κ3) is 7.07. The smallest absolute Gasteiger partial charge is 0.382 e. The van der Waals surface area contributed by atoms with Gasteiger partial charge in [-0.2, -0.15) is 26.3 Å². The Hall–Kier alpha value is -3.89. The minimum Gasteiger partial charge on any atom is -0.382 e. The zero-order valence-corrected chi connectivity index (χ0v) is 21.8. The first-order valence-corrected chi connectivity index (χ1v) is 12.1. The molecule has 2 N–H and O–H groups in total. The lowest BCUT2D eigenvalue weighted by molar-refractivity contribution is -0.207. The fourth-order valence-corrected chi connectivity index (χ4v) is 4.00. The lowest BCUT2D eigenvalue weighted by Crippen LogP contribution is -2.37. The van der Waals surface area contributed by atoms with Gasteiger partial charge in [-0.3, -0.25) is 9.36 Å². The molecule has 0 saturated heterocycles. The van der Waals surface area contributed by atoms with E-state index in [1.807, 2.05) is 0 Å². The zero-order valence-electron chi connectivity index (χ0n) is 20.3. The summed E-state index contributed by atoms with van der Waals surface area (Å²) in [4.78, 5) is 29.5. The number of nitrogens with zero attached hydrogens (tertiary/aromatic N) is 6. The van der Waals surface area contributed by atoms with Crippen LogP contribution in [0.15, 0.2) is 53.6 Å². The second-order valence-electron chi connectivity index (χ2n) is 8.48. The molecule has 1 atom stereocenters. The molecule has 41 heavy (non-hydrogen) atoms. The molecule has 18 heteroatoms. The lowest BCUT2D eigenvalue weighted by atomic mass is 10.1. The van der Waals surface area contributed by atoms with Gasteiger partial charge >= 0.3 is 18.0 Å². The number of hydrogen-bond acceptors (Lipinski definition) is 6. The van der Waals surface area contributed by atoms with E-state index in [1.165, 1.54) is 42.5 Å². The van der Waals surface area contributed by atoms with Gasteiger partial charge in [-0.15, -0.1) is 10.2 Å². The highest BCUT2D eigenvalue weighted by atomic mass is 35.5. The number of carbonyl (C=O) groups is 1. The van der Waals surface area contributed by atoms with Crippen molar-refractivity contribution in [3.05, 3.63) is 80.7 Å². The van der Waals surface area contributed by atoms with Gasteiger partial charge in [0, 0.05) is 10.6 Å². The number of alkyl halides is 6. The van der Waals surface area contributed by atoms with E-state index in [9.17, 15) is 41.0 Å². The highest BCUT2D eigenvalue weighted by molar-refractivity contribution is 6.33. The van der Waals surface area contributed by atoms with Crippen LogP contribution in [0, 0.1) is 0 Å².